The molecule has 5 heteroatoms. The van der Waals surface area contributed by atoms with Crippen LogP contribution in [0, 0.1) is 6.92 Å². The van der Waals surface area contributed by atoms with E-state index in [0.717, 1.165) is 24.5 Å². The summed E-state index contributed by atoms with van der Waals surface area (Å²) in [4.78, 5) is 4.10. The minimum absolute atomic E-state index is 0.701. The molecule has 0 N–H and O–H groups in total. The molecule has 0 saturated heterocycles. The van der Waals surface area contributed by atoms with E-state index in [4.69, 9.17) is 9.26 Å². The van der Waals surface area contributed by atoms with Crippen LogP contribution in [0.25, 0.3) is 0 Å². The molecule has 0 bridgehead atoms. The van der Waals surface area contributed by atoms with Gasteiger partial charge in [0.25, 0.3) is 0 Å². The molecule has 0 aromatic carbocycles. The van der Waals surface area contributed by atoms with Crippen LogP contribution in [0.3, 0.4) is 0 Å². The van der Waals surface area contributed by atoms with E-state index in [1.807, 2.05) is 6.92 Å². The molecule has 0 unspecified atom stereocenters. The molecule has 0 aliphatic carbocycles. The van der Waals surface area contributed by atoms with Gasteiger partial charge in [0.15, 0.2) is 5.82 Å². The highest BCUT2D eigenvalue weighted by molar-refractivity contribution is 7.98. The highest BCUT2D eigenvalue weighted by Gasteiger charge is 2.01. The maximum Gasteiger partial charge on any atom is 0.236 e. The summed E-state index contributed by atoms with van der Waals surface area (Å²) in [5.41, 5.74) is 0. The Bertz CT molecular complexity index is 240. The molecular formula is C8H14N2O2S. The molecule has 0 radical (unpaired) electrons. The molecule has 1 aromatic heterocycles. The third-order valence-electron chi connectivity index (χ3n) is 1.43. The van der Waals surface area contributed by atoms with Crippen LogP contribution in [0.5, 0.6) is 0 Å². The van der Waals surface area contributed by atoms with Gasteiger partial charge >= 0.3 is 0 Å². The lowest BCUT2D eigenvalue weighted by Gasteiger charge is -1.96. The highest BCUT2D eigenvalue weighted by Crippen LogP contribution is 2.10. The Balaban J connectivity index is 2.06. The zero-order valence-electron chi connectivity index (χ0n) is 7.95. The lowest BCUT2D eigenvalue weighted by Crippen LogP contribution is -1.91. The minimum Gasteiger partial charge on any atom is -0.385 e. The van der Waals surface area contributed by atoms with Crippen molar-refractivity contribution in [1.82, 2.24) is 10.1 Å². The van der Waals surface area contributed by atoms with Gasteiger partial charge in [0, 0.05) is 13.7 Å². The van der Waals surface area contributed by atoms with Crippen LogP contribution in [0.2, 0.25) is 0 Å². The molecule has 0 fully saturated rings. The first kappa shape index (κ1) is 10.5. The quantitative estimate of drug-likeness (QED) is 0.656. The number of ether oxygens (including phenoxy) is 1. The van der Waals surface area contributed by atoms with Gasteiger partial charge in [0.2, 0.25) is 5.89 Å². The van der Waals surface area contributed by atoms with Crippen molar-refractivity contribution in [3.63, 3.8) is 0 Å². The topological polar surface area (TPSA) is 48.2 Å². The molecule has 0 aliphatic heterocycles. The molecule has 1 aromatic rings. The summed E-state index contributed by atoms with van der Waals surface area (Å²) in [6, 6.07) is 0. The molecule has 74 valence electrons. The molecule has 1 rings (SSSR count). The van der Waals surface area contributed by atoms with Crippen LogP contribution < -0.4 is 0 Å². The fourth-order valence-corrected chi connectivity index (χ4v) is 1.62. The normalized spacial score (nSPS) is 10.6. The first-order valence-corrected chi connectivity index (χ1v) is 5.34. The van der Waals surface area contributed by atoms with Crippen molar-refractivity contribution in [2.75, 3.05) is 19.5 Å². The second-order valence-electron chi connectivity index (χ2n) is 2.63. The van der Waals surface area contributed by atoms with Gasteiger partial charge in [-0.25, -0.2) is 0 Å². The van der Waals surface area contributed by atoms with Gasteiger partial charge in [-0.2, -0.15) is 16.7 Å². The lowest BCUT2D eigenvalue weighted by molar-refractivity contribution is 0.200. The number of aryl methyl sites for hydroxylation is 1. The Morgan fingerprint density at radius 1 is 1.54 bits per heavy atom. The molecule has 13 heavy (non-hydrogen) atoms. The van der Waals surface area contributed by atoms with E-state index < -0.39 is 0 Å². The maximum absolute atomic E-state index is 4.96. The summed E-state index contributed by atoms with van der Waals surface area (Å²) in [7, 11) is 1.71. The molecule has 0 spiro atoms. The van der Waals surface area contributed by atoms with Crippen molar-refractivity contribution < 1.29 is 9.26 Å². The molecule has 4 nitrogen and oxygen atoms in total. The summed E-state index contributed by atoms with van der Waals surface area (Å²) in [6.45, 7) is 2.64. The molecule has 0 saturated carbocycles. The average Bonchev–Trinajstić information content (AvgIpc) is 2.51. The van der Waals surface area contributed by atoms with E-state index in [9.17, 15) is 0 Å². The van der Waals surface area contributed by atoms with Gasteiger partial charge in [0.1, 0.15) is 0 Å². The second-order valence-corrected chi connectivity index (χ2v) is 3.74. The van der Waals surface area contributed by atoms with Crippen molar-refractivity contribution in [2.45, 2.75) is 19.1 Å². The van der Waals surface area contributed by atoms with Crippen LogP contribution in [0.1, 0.15) is 18.1 Å². The van der Waals surface area contributed by atoms with Gasteiger partial charge in [-0.05, 0) is 19.1 Å². The predicted molar refractivity (Wildman–Crippen MR) is 51.7 cm³/mol. The maximum atomic E-state index is 4.96. The number of nitrogens with zero attached hydrogens (tertiary/aromatic N) is 2. The number of methoxy groups -OCH3 is 1. The Morgan fingerprint density at radius 3 is 3.00 bits per heavy atom. The highest BCUT2D eigenvalue weighted by atomic mass is 32.2. The number of hydrogen-bond acceptors (Lipinski definition) is 5. The largest absolute Gasteiger partial charge is 0.385 e. The lowest BCUT2D eigenvalue weighted by atomic mass is 10.5. The van der Waals surface area contributed by atoms with Gasteiger partial charge < -0.3 is 9.26 Å². The first-order valence-electron chi connectivity index (χ1n) is 4.19. The first-order chi connectivity index (χ1) is 6.33. The molecule has 1 heterocycles. The third-order valence-corrected chi connectivity index (χ3v) is 2.46. The Kier molecular flexibility index (Phi) is 4.85. The van der Waals surface area contributed by atoms with E-state index in [-0.39, 0.29) is 0 Å². The number of hydrogen-bond donors (Lipinski definition) is 0. The number of aromatic nitrogens is 2. The SMILES string of the molecule is COCCCSCc1nc(C)no1. The zero-order chi connectivity index (χ0) is 9.52. The van der Waals surface area contributed by atoms with Crippen LogP contribution >= 0.6 is 11.8 Å². The smallest absolute Gasteiger partial charge is 0.236 e. The Morgan fingerprint density at radius 2 is 2.38 bits per heavy atom. The standard InChI is InChI=1S/C8H14N2O2S/c1-7-9-8(12-10-7)6-13-5-3-4-11-2/h3-6H2,1-2H3. The molecular weight excluding hydrogens is 188 g/mol. The van der Waals surface area contributed by atoms with E-state index in [1.165, 1.54) is 0 Å². The van der Waals surface area contributed by atoms with E-state index >= 15 is 0 Å². The Labute approximate surface area is 82.0 Å². The number of rotatable bonds is 6. The molecule has 0 amide bonds. The monoisotopic (exact) mass is 202 g/mol. The zero-order valence-corrected chi connectivity index (χ0v) is 8.76. The van der Waals surface area contributed by atoms with Gasteiger partial charge in [0.05, 0.1) is 5.75 Å². The number of thioether (sulfide) groups is 1. The van der Waals surface area contributed by atoms with Gasteiger partial charge in [-0.3, -0.25) is 0 Å². The van der Waals surface area contributed by atoms with Crippen LogP contribution in [-0.2, 0) is 10.5 Å². The van der Waals surface area contributed by atoms with Crippen molar-refractivity contribution in [3.8, 4) is 0 Å². The van der Waals surface area contributed by atoms with Crippen LogP contribution in [0.15, 0.2) is 4.52 Å². The summed E-state index contributed by atoms with van der Waals surface area (Å²) in [5, 5.41) is 3.71. The summed E-state index contributed by atoms with van der Waals surface area (Å²) < 4.78 is 9.89. The van der Waals surface area contributed by atoms with Crippen molar-refractivity contribution >= 4 is 11.8 Å². The fourth-order valence-electron chi connectivity index (χ4n) is 0.863. The van der Waals surface area contributed by atoms with Gasteiger partial charge in [-0.15, -0.1) is 0 Å². The average molecular weight is 202 g/mol. The van der Waals surface area contributed by atoms with Crippen LogP contribution in [-0.4, -0.2) is 29.6 Å². The minimum atomic E-state index is 0.701. The fraction of sp³-hybridized carbons (Fsp3) is 0.750. The summed E-state index contributed by atoms with van der Waals surface area (Å²) in [5.74, 6) is 3.27. The Hall–Kier alpha value is -0.550. The van der Waals surface area contributed by atoms with E-state index in [0.29, 0.717) is 11.7 Å². The van der Waals surface area contributed by atoms with Crippen LogP contribution in [0.4, 0.5) is 0 Å². The van der Waals surface area contributed by atoms with Gasteiger partial charge in [-0.1, -0.05) is 5.16 Å². The summed E-state index contributed by atoms with van der Waals surface area (Å²) >= 11 is 1.78. The van der Waals surface area contributed by atoms with Crippen molar-refractivity contribution in [1.29, 1.82) is 0 Å². The second kappa shape index (κ2) is 5.99. The summed E-state index contributed by atoms with van der Waals surface area (Å²) in [6.07, 6.45) is 1.06. The third kappa shape index (κ3) is 4.28. The van der Waals surface area contributed by atoms with E-state index in [2.05, 4.69) is 10.1 Å². The van der Waals surface area contributed by atoms with Crippen molar-refractivity contribution in [3.05, 3.63) is 11.7 Å². The predicted octanol–water partition coefficient (Wildman–Crippen LogP) is 1.65. The van der Waals surface area contributed by atoms with Crippen molar-refractivity contribution in [2.24, 2.45) is 0 Å². The molecule has 0 aliphatic rings. The van der Waals surface area contributed by atoms with E-state index in [1.54, 1.807) is 18.9 Å². The molecule has 0 atom stereocenters.